The second-order valence-corrected chi connectivity index (χ2v) is 8.69. The minimum Gasteiger partial charge on any atom is -0.444 e. The Balaban J connectivity index is 1.57. The maximum atomic E-state index is 12.8. The number of ether oxygens (including phenoxy) is 1. The van der Waals surface area contributed by atoms with Crippen molar-refractivity contribution in [2.45, 2.75) is 77.1 Å². The van der Waals surface area contributed by atoms with E-state index in [0.717, 1.165) is 37.8 Å². The normalized spacial score (nSPS) is 19.8. The molecule has 2 heterocycles. The van der Waals surface area contributed by atoms with Crippen LogP contribution in [0.4, 0.5) is 9.59 Å². The number of hydrogen-bond donors (Lipinski definition) is 1. The van der Waals surface area contributed by atoms with E-state index in [4.69, 9.17) is 4.74 Å². The molecule has 7 nitrogen and oxygen atoms in total. The van der Waals surface area contributed by atoms with Crippen molar-refractivity contribution >= 4 is 12.1 Å². The number of likely N-dealkylation sites (tertiary alicyclic amines) is 1. The summed E-state index contributed by atoms with van der Waals surface area (Å²) in [6.07, 6.45) is 6.43. The molecule has 1 saturated heterocycles. The summed E-state index contributed by atoms with van der Waals surface area (Å²) in [6, 6.07) is 5.93. The highest BCUT2D eigenvalue weighted by Gasteiger charge is 2.34. The van der Waals surface area contributed by atoms with Crippen LogP contribution in [0, 0.1) is 0 Å². The van der Waals surface area contributed by atoms with Gasteiger partial charge in [0, 0.05) is 25.3 Å². The maximum absolute atomic E-state index is 12.8. The second kappa shape index (κ2) is 8.80. The van der Waals surface area contributed by atoms with E-state index in [2.05, 4.69) is 10.3 Å². The first kappa shape index (κ1) is 20.4. The Hall–Kier alpha value is -2.31. The molecule has 1 aromatic heterocycles. The molecule has 7 heteroatoms. The molecule has 2 fully saturated rings. The van der Waals surface area contributed by atoms with E-state index >= 15 is 0 Å². The van der Waals surface area contributed by atoms with Crippen LogP contribution in [-0.4, -0.2) is 57.7 Å². The summed E-state index contributed by atoms with van der Waals surface area (Å²) in [6.45, 7) is 7.25. The zero-order valence-corrected chi connectivity index (χ0v) is 17.2. The standard InChI is InChI=1S/C21H32N4O3/c1-21(2,3)28-20(27)24-13-7-5-9-18(24)14-23-19(26)25(17-10-11-17)15-16-8-4-6-12-22-16/h4,6,8,12,17-18H,5,7,9-11,13-15H2,1-3H3,(H,23,26). The van der Waals surface area contributed by atoms with Gasteiger partial charge >= 0.3 is 12.1 Å². The fraction of sp³-hybridized carbons (Fsp3) is 0.667. The van der Waals surface area contributed by atoms with Gasteiger partial charge in [-0.15, -0.1) is 0 Å². The summed E-state index contributed by atoms with van der Waals surface area (Å²) in [5.74, 6) is 0. The molecule has 0 spiro atoms. The van der Waals surface area contributed by atoms with Gasteiger partial charge in [-0.05, 0) is 65.0 Å². The molecule has 1 aromatic rings. The molecule has 0 aromatic carbocycles. The molecule has 3 rings (SSSR count). The third-order valence-corrected chi connectivity index (χ3v) is 5.05. The van der Waals surface area contributed by atoms with E-state index in [9.17, 15) is 9.59 Å². The van der Waals surface area contributed by atoms with Crippen LogP contribution in [0.15, 0.2) is 24.4 Å². The van der Waals surface area contributed by atoms with Crippen LogP contribution in [0.3, 0.4) is 0 Å². The van der Waals surface area contributed by atoms with Crippen molar-refractivity contribution in [2.24, 2.45) is 0 Å². The molecule has 1 atom stereocenters. The Labute approximate surface area is 167 Å². The third kappa shape index (κ3) is 5.84. The molecule has 0 bridgehead atoms. The number of piperidine rings is 1. The molecule has 2 aliphatic rings. The van der Waals surface area contributed by atoms with Gasteiger partial charge in [-0.2, -0.15) is 0 Å². The van der Waals surface area contributed by atoms with E-state index in [1.54, 1.807) is 11.1 Å². The molecule has 0 radical (unpaired) electrons. The molecule has 1 unspecified atom stereocenters. The number of amides is 3. The minimum absolute atomic E-state index is 0.0246. The first-order valence-corrected chi connectivity index (χ1v) is 10.3. The topological polar surface area (TPSA) is 74.8 Å². The molecule has 1 saturated carbocycles. The van der Waals surface area contributed by atoms with E-state index in [1.165, 1.54) is 0 Å². The summed E-state index contributed by atoms with van der Waals surface area (Å²) < 4.78 is 5.54. The first-order valence-electron chi connectivity index (χ1n) is 10.3. The van der Waals surface area contributed by atoms with Crippen LogP contribution in [0.5, 0.6) is 0 Å². The lowest BCUT2D eigenvalue weighted by Gasteiger charge is -2.37. The van der Waals surface area contributed by atoms with Gasteiger partial charge in [-0.25, -0.2) is 9.59 Å². The number of pyridine rings is 1. The molecule has 1 aliphatic carbocycles. The van der Waals surface area contributed by atoms with E-state index in [1.807, 2.05) is 43.9 Å². The maximum Gasteiger partial charge on any atom is 0.410 e. The van der Waals surface area contributed by atoms with Crippen LogP contribution >= 0.6 is 0 Å². The largest absolute Gasteiger partial charge is 0.444 e. The predicted octanol–water partition coefficient (Wildman–Crippen LogP) is 3.55. The van der Waals surface area contributed by atoms with Crippen molar-refractivity contribution < 1.29 is 14.3 Å². The van der Waals surface area contributed by atoms with E-state index in [-0.39, 0.29) is 24.2 Å². The summed E-state index contributed by atoms with van der Waals surface area (Å²) in [4.78, 5) is 33.3. The van der Waals surface area contributed by atoms with E-state index in [0.29, 0.717) is 19.6 Å². The van der Waals surface area contributed by atoms with Gasteiger partial charge in [0.25, 0.3) is 0 Å². The van der Waals surface area contributed by atoms with Crippen LogP contribution in [0.25, 0.3) is 0 Å². The van der Waals surface area contributed by atoms with Gasteiger partial charge in [0.1, 0.15) is 5.60 Å². The summed E-state index contributed by atoms with van der Waals surface area (Å²) in [7, 11) is 0. The molecule has 3 amide bonds. The zero-order valence-electron chi connectivity index (χ0n) is 17.2. The Kier molecular flexibility index (Phi) is 6.42. The van der Waals surface area contributed by atoms with Gasteiger partial charge in [0.2, 0.25) is 0 Å². The zero-order chi connectivity index (χ0) is 20.1. The molecule has 28 heavy (non-hydrogen) atoms. The quantitative estimate of drug-likeness (QED) is 0.837. The van der Waals surface area contributed by atoms with Crippen molar-refractivity contribution in [1.82, 2.24) is 20.1 Å². The monoisotopic (exact) mass is 388 g/mol. The first-order chi connectivity index (χ1) is 13.3. The fourth-order valence-electron chi connectivity index (χ4n) is 3.50. The van der Waals surface area contributed by atoms with Gasteiger partial charge in [0.05, 0.1) is 18.3 Å². The number of rotatable bonds is 5. The molecular formula is C21H32N4O3. The highest BCUT2D eigenvalue weighted by Crippen LogP contribution is 2.28. The molecular weight excluding hydrogens is 356 g/mol. The van der Waals surface area contributed by atoms with Crippen LogP contribution in [-0.2, 0) is 11.3 Å². The van der Waals surface area contributed by atoms with Crippen molar-refractivity contribution in [3.05, 3.63) is 30.1 Å². The van der Waals surface area contributed by atoms with Crippen molar-refractivity contribution in [2.75, 3.05) is 13.1 Å². The Morgan fingerprint density at radius 1 is 1.25 bits per heavy atom. The number of carbonyl (C=O) groups excluding carboxylic acids is 2. The molecule has 1 aliphatic heterocycles. The Morgan fingerprint density at radius 2 is 2.04 bits per heavy atom. The summed E-state index contributed by atoms with van der Waals surface area (Å²) >= 11 is 0. The smallest absolute Gasteiger partial charge is 0.410 e. The predicted molar refractivity (Wildman–Crippen MR) is 107 cm³/mol. The van der Waals surface area contributed by atoms with Crippen molar-refractivity contribution in [3.63, 3.8) is 0 Å². The lowest BCUT2D eigenvalue weighted by atomic mass is 10.0. The summed E-state index contributed by atoms with van der Waals surface area (Å²) in [5, 5.41) is 3.05. The average molecular weight is 389 g/mol. The highest BCUT2D eigenvalue weighted by atomic mass is 16.6. The lowest BCUT2D eigenvalue weighted by Crippen LogP contribution is -2.52. The SMILES string of the molecule is CC(C)(C)OC(=O)N1CCCCC1CNC(=O)N(Cc1ccccn1)C1CC1. The van der Waals surface area contributed by atoms with Crippen LogP contribution in [0.1, 0.15) is 58.6 Å². The fourth-order valence-corrected chi connectivity index (χ4v) is 3.50. The molecule has 1 N–H and O–H groups in total. The molecule has 154 valence electrons. The lowest BCUT2D eigenvalue weighted by molar-refractivity contribution is 0.0100. The average Bonchev–Trinajstić information content (AvgIpc) is 3.49. The van der Waals surface area contributed by atoms with Crippen molar-refractivity contribution in [3.8, 4) is 0 Å². The van der Waals surface area contributed by atoms with Crippen LogP contribution < -0.4 is 5.32 Å². The second-order valence-electron chi connectivity index (χ2n) is 8.69. The highest BCUT2D eigenvalue weighted by molar-refractivity contribution is 5.75. The third-order valence-electron chi connectivity index (χ3n) is 5.05. The van der Waals surface area contributed by atoms with Crippen LogP contribution in [0.2, 0.25) is 0 Å². The number of hydrogen-bond acceptors (Lipinski definition) is 4. The van der Waals surface area contributed by atoms with Gasteiger partial charge < -0.3 is 19.9 Å². The Morgan fingerprint density at radius 3 is 2.68 bits per heavy atom. The number of urea groups is 1. The van der Waals surface area contributed by atoms with E-state index < -0.39 is 5.60 Å². The van der Waals surface area contributed by atoms with Gasteiger partial charge in [0.15, 0.2) is 0 Å². The number of carbonyl (C=O) groups is 2. The van der Waals surface area contributed by atoms with Gasteiger partial charge in [-0.3, -0.25) is 4.98 Å². The number of nitrogens with one attached hydrogen (secondary N) is 1. The number of nitrogens with zero attached hydrogens (tertiary/aromatic N) is 3. The van der Waals surface area contributed by atoms with Crippen molar-refractivity contribution in [1.29, 1.82) is 0 Å². The Bertz CT molecular complexity index is 670. The summed E-state index contributed by atoms with van der Waals surface area (Å²) in [5.41, 5.74) is 0.367. The number of aromatic nitrogens is 1. The minimum atomic E-state index is -0.520. The van der Waals surface area contributed by atoms with Gasteiger partial charge in [-0.1, -0.05) is 6.07 Å².